The van der Waals surface area contributed by atoms with E-state index < -0.39 is 29.7 Å². The molecule has 0 saturated carbocycles. The normalized spacial score (nSPS) is 13.6. The first kappa shape index (κ1) is 31.5. The summed E-state index contributed by atoms with van der Waals surface area (Å²) in [4.78, 5) is 58.1. The van der Waals surface area contributed by atoms with E-state index in [1.807, 2.05) is 13.8 Å². The number of aromatic amines is 1. The SMILES string of the molecule is CCC(=O)C[C@H](Cc1c[nH]c2cc(F)ccc12)C(=O)N[C@@H](CCCN=C(N)N)C(=O)C[C@@H](CC(C)C)C(N)=O. The molecule has 1 aromatic heterocycles. The third-order valence-electron chi connectivity index (χ3n) is 6.69. The molecule has 0 spiro atoms. The third-order valence-corrected chi connectivity index (χ3v) is 6.69. The van der Waals surface area contributed by atoms with Crippen LogP contribution in [0.15, 0.2) is 29.4 Å². The van der Waals surface area contributed by atoms with Gasteiger partial charge in [0.05, 0.1) is 6.04 Å². The Morgan fingerprint density at radius 3 is 2.41 bits per heavy atom. The number of rotatable bonds is 17. The Labute approximate surface area is 228 Å². The maximum Gasteiger partial charge on any atom is 0.224 e. The number of halogens is 1. The maximum atomic E-state index is 13.6. The summed E-state index contributed by atoms with van der Waals surface area (Å²) in [5.74, 6) is -3.15. The molecule has 0 aliphatic heterocycles. The number of nitrogens with zero attached hydrogens (tertiary/aromatic N) is 1. The Kier molecular flexibility index (Phi) is 12.1. The maximum absolute atomic E-state index is 13.6. The van der Waals surface area contributed by atoms with Crippen LogP contribution in [0.5, 0.6) is 0 Å². The molecule has 214 valence electrons. The van der Waals surface area contributed by atoms with E-state index in [9.17, 15) is 23.6 Å². The van der Waals surface area contributed by atoms with Gasteiger partial charge in [-0.2, -0.15) is 0 Å². The molecule has 11 heteroatoms. The van der Waals surface area contributed by atoms with Crippen molar-refractivity contribution in [1.29, 1.82) is 0 Å². The van der Waals surface area contributed by atoms with Gasteiger partial charge in [0.2, 0.25) is 11.8 Å². The summed E-state index contributed by atoms with van der Waals surface area (Å²) in [7, 11) is 0. The second-order valence-electron chi connectivity index (χ2n) is 10.4. The molecule has 10 nitrogen and oxygen atoms in total. The first-order valence-electron chi connectivity index (χ1n) is 13.4. The van der Waals surface area contributed by atoms with Crippen molar-refractivity contribution in [2.45, 2.75) is 71.8 Å². The number of fused-ring (bicyclic) bond motifs is 1. The Balaban J connectivity index is 2.27. The fraction of sp³-hybridized carbons (Fsp3) is 0.536. The summed E-state index contributed by atoms with van der Waals surface area (Å²) in [5, 5.41) is 3.58. The van der Waals surface area contributed by atoms with Gasteiger partial charge >= 0.3 is 0 Å². The van der Waals surface area contributed by atoms with Crippen LogP contribution in [0.25, 0.3) is 10.9 Å². The van der Waals surface area contributed by atoms with Crippen LogP contribution in [0.2, 0.25) is 0 Å². The van der Waals surface area contributed by atoms with Gasteiger partial charge in [-0.1, -0.05) is 20.8 Å². The minimum atomic E-state index is -0.906. The minimum Gasteiger partial charge on any atom is -0.370 e. The lowest BCUT2D eigenvalue weighted by Gasteiger charge is -2.23. The van der Waals surface area contributed by atoms with Crippen LogP contribution in [-0.4, -0.2) is 46.9 Å². The zero-order valence-electron chi connectivity index (χ0n) is 23.0. The van der Waals surface area contributed by atoms with Crippen LogP contribution in [0.1, 0.15) is 64.9 Å². The summed E-state index contributed by atoms with van der Waals surface area (Å²) in [6.45, 7) is 5.85. The van der Waals surface area contributed by atoms with Gasteiger partial charge < -0.3 is 27.5 Å². The molecule has 2 amide bonds. The summed E-state index contributed by atoms with van der Waals surface area (Å²) in [6, 6.07) is 3.42. The molecular weight excluding hydrogens is 503 g/mol. The van der Waals surface area contributed by atoms with E-state index in [-0.39, 0.29) is 67.9 Å². The van der Waals surface area contributed by atoms with Gasteiger partial charge in [-0.15, -0.1) is 0 Å². The zero-order valence-corrected chi connectivity index (χ0v) is 23.0. The van der Waals surface area contributed by atoms with E-state index in [0.717, 1.165) is 10.9 Å². The fourth-order valence-corrected chi connectivity index (χ4v) is 4.63. The van der Waals surface area contributed by atoms with E-state index >= 15 is 0 Å². The number of primary amides is 1. The largest absolute Gasteiger partial charge is 0.370 e. The fourth-order valence-electron chi connectivity index (χ4n) is 4.63. The Morgan fingerprint density at radius 1 is 1.08 bits per heavy atom. The van der Waals surface area contributed by atoms with Crippen molar-refractivity contribution < 1.29 is 23.6 Å². The van der Waals surface area contributed by atoms with Crippen molar-refractivity contribution in [3.8, 4) is 0 Å². The monoisotopic (exact) mass is 544 g/mol. The summed E-state index contributed by atoms with van der Waals surface area (Å²) in [6.07, 6.45) is 3.17. The van der Waals surface area contributed by atoms with Crippen LogP contribution < -0.4 is 22.5 Å². The number of carbonyl (C=O) groups is 4. The highest BCUT2D eigenvalue weighted by Crippen LogP contribution is 2.24. The number of H-pyrrole nitrogens is 1. The number of guanidine groups is 1. The number of aromatic nitrogens is 1. The second kappa shape index (κ2) is 15.0. The molecule has 2 aromatic rings. The molecule has 1 aromatic carbocycles. The molecule has 39 heavy (non-hydrogen) atoms. The smallest absolute Gasteiger partial charge is 0.224 e. The molecule has 0 bridgehead atoms. The average Bonchev–Trinajstić information content (AvgIpc) is 3.25. The first-order chi connectivity index (χ1) is 18.4. The standard InChI is InChI=1S/C28H41FN6O4/c1-4-21(36)12-18(11-19-15-34-24-14-20(29)7-8-22(19)24)27(39)35-23(6-5-9-33-28(31)32)25(37)13-17(26(30)38)10-16(2)3/h7-8,14-18,23,34H,4-6,9-13H2,1-3H3,(H2,30,38)(H,35,39)(H4,31,32,33)/t17-,18+,23+/m1/s1. The highest BCUT2D eigenvalue weighted by molar-refractivity contribution is 5.94. The van der Waals surface area contributed by atoms with Crippen LogP contribution in [0.3, 0.4) is 0 Å². The summed E-state index contributed by atoms with van der Waals surface area (Å²) < 4.78 is 13.6. The zero-order chi connectivity index (χ0) is 29.1. The molecule has 0 fully saturated rings. The third kappa shape index (κ3) is 10.1. The molecule has 0 aliphatic rings. The van der Waals surface area contributed by atoms with Crippen LogP contribution in [0.4, 0.5) is 4.39 Å². The number of hydrogen-bond acceptors (Lipinski definition) is 5. The van der Waals surface area contributed by atoms with E-state index in [4.69, 9.17) is 17.2 Å². The van der Waals surface area contributed by atoms with Crippen molar-refractivity contribution in [3.63, 3.8) is 0 Å². The molecule has 1 heterocycles. The van der Waals surface area contributed by atoms with Gasteiger partial charge in [-0.25, -0.2) is 4.39 Å². The van der Waals surface area contributed by atoms with Crippen molar-refractivity contribution in [2.24, 2.45) is 39.9 Å². The Morgan fingerprint density at radius 2 is 1.79 bits per heavy atom. The Hall–Kier alpha value is -3.76. The van der Waals surface area contributed by atoms with Gasteiger partial charge in [-0.05, 0) is 55.4 Å². The molecule has 8 N–H and O–H groups in total. The lowest BCUT2D eigenvalue weighted by atomic mass is 9.88. The number of ketones is 2. The lowest BCUT2D eigenvalue weighted by Crippen LogP contribution is -2.45. The predicted octanol–water partition coefficient (Wildman–Crippen LogP) is 2.48. The van der Waals surface area contributed by atoms with E-state index in [2.05, 4.69) is 15.3 Å². The minimum absolute atomic E-state index is 0.0115. The van der Waals surface area contributed by atoms with Gasteiger partial charge in [0.25, 0.3) is 0 Å². The molecule has 2 rings (SSSR count). The number of Topliss-reactive ketones (excluding diaryl/α,β-unsaturated/α-hetero) is 2. The van der Waals surface area contributed by atoms with Crippen LogP contribution in [-0.2, 0) is 25.6 Å². The number of carbonyl (C=O) groups excluding carboxylic acids is 4. The topological polar surface area (TPSA) is 187 Å². The van der Waals surface area contributed by atoms with Gasteiger partial charge in [0.1, 0.15) is 11.6 Å². The molecule has 0 unspecified atom stereocenters. The first-order valence-corrected chi connectivity index (χ1v) is 13.4. The quantitative estimate of drug-likeness (QED) is 0.116. The molecule has 0 aliphatic carbocycles. The second-order valence-corrected chi connectivity index (χ2v) is 10.4. The number of amides is 2. The van der Waals surface area contributed by atoms with E-state index in [1.165, 1.54) is 12.1 Å². The van der Waals surface area contributed by atoms with Crippen molar-refractivity contribution in [3.05, 3.63) is 35.8 Å². The van der Waals surface area contributed by atoms with Crippen LogP contribution >= 0.6 is 0 Å². The molecule has 3 atom stereocenters. The predicted molar refractivity (Wildman–Crippen MR) is 149 cm³/mol. The number of hydrogen-bond donors (Lipinski definition) is 5. The number of nitrogens with two attached hydrogens (primary N) is 3. The summed E-state index contributed by atoms with van der Waals surface area (Å²) >= 11 is 0. The Bertz CT molecular complexity index is 1190. The van der Waals surface area contributed by atoms with Crippen molar-refractivity contribution >= 4 is 40.2 Å². The summed E-state index contributed by atoms with van der Waals surface area (Å²) in [5.41, 5.74) is 17.7. The average molecular weight is 545 g/mol. The van der Waals surface area contributed by atoms with Crippen LogP contribution in [0, 0.1) is 23.6 Å². The van der Waals surface area contributed by atoms with Gasteiger partial charge in [0, 0.05) is 54.7 Å². The number of benzene rings is 1. The molecule has 0 saturated heterocycles. The highest BCUT2D eigenvalue weighted by atomic mass is 19.1. The lowest BCUT2D eigenvalue weighted by molar-refractivity contribution is -0.133. The highest BCUT2D eigenvalue weighted by Gasteiger charge is 2.30. The number of nitrogens with one attached hydrogen (secondary N) is 2. The van der Waals surface area contributed by atoms with Crippen molar-refractivity contribution in [2.75, 3.05) is 6.54 Å². The van der Waals surface area contributed by atoms with Crippen molar-refractivity contribution in [1.82, 2.24) is 10.3 Å². The van der Waals surface area contributed by atoms with E-state index in [0.29, 0.717) is 18.4 Å². The molecule has 0 radical (unpaired) electrons. The number of aliphatic imine (C=N–C) groups is 1. The van der Waals surface area contributed by atoms with Gasteiger partial charge in [0.15, 0.2) is 11.7 Å². The van der Waals surface area contributed by atoms with E-state index in [1.54, 1.807) is 19.2 Å². The van der Waals surface area contributed by atoms with Gasteiger partial charge in [-0.3, -0.25) is 24.2 Å². The molecular formula is C28H41FN6O4.